The lowest BCUT2D eigenvalue weighted by atomic mass is 10.1. The van der Waals surface area contributed by atoms with Crippen molar-refractivity contribution >= 4 is 34.0 Å². The zero-order chi connectivity index (χ0) is 9.42. The van der Waals surface area contributed by atoms with Gasteiger partial charge in [-0.25, -0.2) is 0 Å². The second-order valence-electron chi connectivity index (χ2n) is 3.09. The quantitative estimate of drug-likeness (QED) is 0.603. The minimum Gasteiger partial charge on any atom is -0.0827 e. The Labute approximate surface area is 87.1 Å². The SMILES string of the molecule is Cc1ccc2c(Cl)c(Cl)ccc2c1. The highest BCUT2D eigenvalue weighted by molar-refractivity contribution is 6.45. The molecule has 13 heavy (non-hydrogen) atoms. The molecule has 2 aromatic carbocycles. The highest BCUT2D eigenvalue weighted by atomic mass is 35.5. The first kappa shape index (κ1) is 8.86. The largest absolute Gasteiger partial charge is 0.0827 e. The standard InChI is InChI=1S/C11H8Cl2/c1-7-2-4-9-8(6-7)3-5-10(12)11(9)13/h2-6H,1H3. The van der Waals surface area contributed by atoms with Crippen molar-refractivity contribution in [1.29, 1.82) is 0 Å². The molecule has 0 heterocycles. The molecule has 0 saturated carbocycles. The molecule has 2 heteroatoms. The van der Waals surface area contributed by atoms with Gasteiger partial charge in [0, 0.05) is 5.39 Å². The molecule has 0 saturated heterocycles. The number of fused-ring (bicyclic) bond motifs is 1. The van der Waals surface area contributed by atoms with Crippen LogP contribution in [-0.4, -0.2) is 0 Å². The molecule has 0 amide bonds. The molecular weight excluding hydrogens is 203 g/mol. The van der Waals surface area contributed by atoms with Crippen molar-refractivity contribution in [3.8, 4) is 0 Å². The van der Waals surface area contributed by atoms with E-state index in [1.54, 1.807) is 0 Å². The van der Waals surface area contributed by atoms with Crippen molar-refractivity contribution in [3.63, 3.8) is 0 Å². The van der Waals surface area contributed by atoms with Gasteiger partial charge in [-0.05, 0) is 18.4 Å². The monoisotopic (exact) mass is 210 g/mol. The van der Waals surface area contributed by atoms with E-state index in [4.69, 9.17) is 23.2 Å². The van der Waals surface area contributed by atoms with Gasteiger partial charge in [-0.15, -0.1) is 0 Å². The maximum Gasteiger partial charge on any atom is 0.0670 e. The van der Waals surface area contributed by atoms with Crippen molar-refractivity contribution in [2.45, 2.75) is 6.92 Å². The number of hydrogen-bond acceptors (Lipinski definition) is 0. The van der Waals surface area contributed by atoms with Crippen LogP contribution in [0.1, 0.15) is 5.56 Å². The van der Waals surface area contributed by atoms with E-state index in [0.29, 0.717) is 10.0 Å². The van der Waals surface area contributed by atoms with E-state index in [0.717, 1.165) is 10.8 Å². The van der Waals surface area contributed by atoms with Crippen molar-refractivity contribution in [2.24, 2.45) is 0 Å². The Balaban J connectivity index is 2.87. The summed E-state index contributed by atoms with van der Waals surface area (Å²) in [6.45, 7) is 2.06. The second kappa shape index (κ2) is 3.21. The number of rotatable bonds is 0. The van der Waals surface area contributed by atoms with Gasteiger partial charge in [-0.2, -0.15) is 0 Å². The Bertz CT molecular complexity index is 461. The minimum absolute atomic E-state index is 0.609. The summed E-state index contributed by atoms with van der Waals surface area (Å²) in [5.74, 6) is 0. The molecule has 0 nitrogen and oxygen atoms in total. The maximum atomic E-state index is 6.05. The fourth-order valence-corrected chi connectivity index (χ4v) is 1.78. The number of aryl methyl sites for hydroxylation is 1. The average Bonchev–Trinajstić information content (AvgIpc) is 2.12. The van der Waals surface area contributed by atoms with E-state index < -0.39 is 0 Å². The summed E-state index contributed by atoms with van der Waals surface area (Å²) >= 11 is 11.9. The van der Waals surface area contributed by atoms with Crippen LogP contribution in [0.15, 0.2) is 30.3 Å². The molecule has 0 unspecified atom stereocenters. The first-order valence-electron chi connectivity index (χ1n) is 4.03. The smallest absolute Gasteiger partial charge is 0.0670 e. The Morgan fingerprint density at radius 3 is 2.54 bits per heavy atom. The van der Waals surface area contributed by atoms with Crippen molar-refractivity contribution in [3.05, 3.63) is 45.9 Å². The fraction of sp³-hybridized carbons (Fsp3) is 0.0909. The van der Waals surface area contributed by atoms with Gasteiger partial charge < -0.3 is 0 Å². The van der Waals surface area contributed by atoms with Gasteiger partial charge in [0.1, 0.15) is 0 Å². The summed E-state index contributed by atoms with van der Waals surface area (Å²) in [4.78, 5) is 0. The van der Waals surface area contributed by atoms with Crippen molar-refractivity contribution < 1.29 is 0 Å². The summed E-state index contributed by atoms with van der Waals surface area (Å²) in [5, 5.41) is 3.39. The number of benzene rings is 2. The second-order valence-corrected chi connectivity index (χ2v) is 3.87. The molecule has 0 aliphatic carbocycles. The molecule has 0 radical (unpaired) electrons. The summed E-state index contributed by atoms with van der Waals surface area (Å²) < 4.78 is 0. The molecular formula is C11H8Cl2. The van der Waals surface area contributed by atoms with Gasteiger partial charge in [0.05, 0.1) is 10.0 Å². The van der Waals surface area contributed by atoms with Crippen molar-refractivity contribution in [2.75, 3.05) is 0 Å². The van der Waals surface area contributed by atoms with Gasteiger partial charge >= 0.3 is 0 Å². The predicted molar refractivity (Wildman–Crippen MR) is 58.7 cm³/mol. The summed E-state index contributed by atoms with van der Waals surface area (Å²) in [5.41, 5.74) is 1.23. The maximum absolute atomic E-state index is 6.05. The summed E-state index contributed by atoms with van der Waals surface area (Å²) in [6.07, 6.45) is 0. The normalized spacial score (nSPS) is 10.7. The number of halogens is 2. The van der Waals surface area contributed by atoms with Crippen LogP contribution in [0.2, 0.25) is 10.0 Å². The summed E-state index contributed by atoms with van der Waals surface area (Å²) in [7, 11) is 0. The Morgan fingerprint density at radius 2 is 1.77 bits per heavy atom. The van der Waals surface area contributed by atoms with E-state index in [-0.39, 0.29) is 0 Å². The van der Waals surface area contributed by atoms with E-state index in [1.165, 1.54) is 5.56 Å². The van der Waals surface area contributed by atoms with E-state index in [1.807, 2.05) is 24.3 Å². The van der Waals surface area contributed by atoms with Crippen LogP contribution in [-0.2, 0) is 0 Å². The van der Waals surface area contributed by atoms with Crippen LogP contribution in [0.3, 0.4) is 0 Å². The number of hydrogen-bond donors (Lipinski definition) is 0. The first-order chi connectivity index (χ1) is 6.18. The molecule has 0 fully saturated rings. The molecule has 66 valence electrons. The minimum atomic E-state index is 0.609. The zero-order valence-corrected chi connectivity index (χ0v) is 8.65. The van der Waals surface area contributed by atoms with E-state index in [2.05, 4.69) is 13.0 Å². The van der Waals surface area contributed by atoms with Crippen LogP contribution >= 0.6 is 23.2 Å². The lowest BCUT2D eigenvalue weighted by Crippen LogP contribution is -1.77. The average molecular weight is 211 g/mol. The van der Waals surface area contributed by atoms with Gasteiger partial charge in [0.15, 0.2) is 0 Å². The lowest BCUT2D eigenvalue weighted by molar-refractivity contribution is 1.51. The third kappa shape index (κ3) is 1.52. The third-order valence-corrected chi connectivity index (χ3v) is 2.88. The van der Waals surface area contributed by atoms with E-state index in [9.17, 15) is 0 Å². The lowest BCUT2D eigenvalue weighted by Gasteiger charge is -2.02. The highest BCUT2D eigenvalue weighted by Crippen LogP contribution is 2.30. The molecule has 2 rings (SSSR count). The van der Waals surface area contributed by atoms with Crippen LogP contribution in [0.4, 0.5) is 0 Å². The molecule has 0 aliphatic heterocycles. The molecule has 0 N–H and O–H groups in total. The molecule has 2 aromatic rings. The Hall–Kier alpha value is -0.720. The van der Waals surface area contributed by atoms with Crippen molar-refractivity contribution in [1.82, 2.24) is 0 Å². The first-order valence-corrected chi connectivity index (χ1v) is 4.78. The predicted octanol–water partition coefficient (Wildman–Crippen LogP) is 4.46. The van der Waals surface area contributed by atoms with Crippen LogP contribution in [0.25, 0.3) is 10.8 Å². The fourth-order valence-electron chi connectivity index (χ4n) is 1.38. The molecule has 0 atom stereocenters. The molecule has 0 aromatic heterocycles. The molecule has 0 bridgehead atoms. The zero-order valence-electron chi connectivity index (χ0n) is 7.14. The van der Waals surface area contributed by atoms with Crippen LogP contribution < -0.4 is 0 Å². The Morgan fingerprint density at radius 1 is 1.00 bits per heavy atom. The van der Waals surface area contributed by atoms with E-state index >= 15 is 0 Å². The van der Waals surface area contributed by atoms with Gasteiger partial charge in [0.2, 0.25) is 0 Å². The van der Waals surface area contributed by atoms with Crippen LogP contribution in [0.5, 0.6) is 0 Å². The van der Waals surface area contributed by atoms with Gasteiger partial charge in [-0.3, -0.25) is 0 Å². The highest BCUT2D eigenvalue weighted by Gasteiger charge is 2.02. The van der Waals surface area contributed by atoms with Crippen LogP contribution in [0, 0.1) is 6.92 Å². The molecule has 0 spiro atoms. The topological polar surface area (TPSA) is 0 Å². The molecule has 0 aliphatic rings. The van der Waals surface area contributed by atoms with Gasteiger partial charge in [-0.1, -0.05) is 53.0 Å². The summed E-state index contributed by atoms with van der Waals surface area (Å²) in [6, 6.07) is 9.93. The third-order valence-electron chi connectivity index (χ3n) is 2.06. The Kier molecular flexibility index (Phi) is 2.19. The van der Waals surface area contributed by atoms with Gasteiger partial charge in [0.25, 0.3) is 0 Å².